The van der Waals surface area contributed by atoms with Crippen LogP contribution in [0.2, 0.25) is 0 Å². The number of aryl methyl sites for hydroxylation is 2. The van der Waals surface area contributed by atoms with Crippen LogP contribution in [0.4, 0.5) is 5.69 Å². The number of benzene rings is 1. The summed E-state index contributed by atoms with van der Waals surface area (Å²) in [4.78, 5) is 23.0. The molecule has 1 aliphatic heterocycles. The van der Waals surface area contributed by atoms with Gasteiger partial charge in [0.2, 0.25) is 5.91 Å². The van der Waals surface area contributed by atoms with E-state index < -0.39 is 6.10 Å². The third-order valence-corrected chi connectivity index (χ3v) is 6.27. The molecule has 0 spiro atoms. The van der Waals surface area contributed by atoms with Crippen molar-refractivity contribution in [3.8, 4) is 22.3 Å². The standard InChI is InChI=1S/C26H26N4O2/c1-16-9-21(30-8-4-5-25(30)32)6-7-22(16)19-10-20(13-27-12-19)24-15-29(3)26-23(24)11-18(14-28-26)17(2)31/h6-7,9-15,17,31H,4-5,8H2,1-3H3/t17-/m0/s1. The van der Waals surface area contributed by atoms with Crippen molar-refractivity contribution >= 4 is 22.6 Å². The van der Waals surface area contributed by atoms with Gasteiger partial charge in [-0.05, 0) is 61.2 Å². The first-order valence-electron chi connectivity index (χ1n) is 10.9. The fourth-order valence-electron chi connectivity index (χ4n) is 4.53. The molecule has 0 aliphatic carbocycles. The van der Waals surface area contributed by atoms with Crippen molar-refractivity contribution in [3.05, 3.63) is 66.2 Å². The van der Waals surface area contributed by atoms with Crippen molar-refractivity contribution in [3.63, 3.8) is 0 Å². The molecule has 6 nitrogen and oxygen atoms in total. The average molecular weight is 427 g/mol. The second-order valence-corrected chi connectivity index (χ2v) is 8.58. The number of aliphatic hydroxyl groups excluding tert-OH is 1. The van der Waals surface area contributed by atoms with Crippen LogP contribution in [-0.4, -0.2) is 32.1 Å². The molecule has 1 aliphatic rings. The summed E-state index contributed by atoms with van der Waals surface area (Å²) in [5.74, 6) is 0.196. The highest BCUT2D eigenvalue weighted by molar-refractivity contribution is 5.96. The maximum atomic E-state index is 12.1. The number of amides is 1. The van der Waals surface area contributed by atoms with Crippen LogP contribution in [0.5, 0.6) is 0 Å². The first kappa shape index (κ1) is 20.4. The zero-order chi connectivity index (χ0) is 22.4. The van der Waals surface area contributed by atoms with E-state index in [1.807, 2.05) is 41.0 Å². The monoisotopic (exact) mass is 426 g/mol. The molecule has 0 bridgehead atoms. The van der Waals surface area contributed by atoms with Gasteiger partial charge in [0.25, 0.3) is 0 Å². The van der Waals surface area contributed by atoms with Crippen molar-refractivity contribution in [2.45, 2.75) is 32.8 Å². The van der Waals surface area contributed by atoms with E-state index in [0.717, 1.165) is 63.1 Å². The molecule has 4 aromatic rings. The fourth-order valence-corrected chi connectivity index (χ4v) is 4.53. The maximum Gasteiger partial charge on any atom is 0.227 e. The molecule has 32 heavy (non-hydrogen) atoms. The first-order valence-corrected chi connectivity index (χ1v) is 10.9. The van der Waals surface area contributed by atoms with Crippen LogP contribution < -0.4 is 4.90 Å². The minimum atomic E-state index is -0.576. The summed E-state index contributed by atoms with van der Waals surface area (Å²) < 4.78 is 2.00. The van der Waals surface area contributed by atoms with Gasteiger partial charge in [-0.1, -0.05) is 6.07 Å². The Morgan fingerprint density at radius 1 is 1.06 bits per heavy atom. The zero-order valence-corrected chi connectivity index (χ0v) is 18.5. The number of carbonyl (C=O) groups excluding carboxylic acids is 1. The van der Waals surface area contributed by atoms with Gasteiger partial charge in [0.05, 0.1) is 6.10 Å². The van der Waals surface area contributed by atoms with Crippen molar-refractivity contribution < 1.29 is 9.90 Å². The number of carbonyl (C=O) groups is 1. The average Bonchev–Trinajstić information content (AvgIpc) is 3.36. The van der Waals surface area contributed by atoms with E-state index in [1.165, 1.54) is 0 Å². The largest absolute Gasteiger partial charge is 0.389 e. The predicted molar refractivity (Wildman–Crippen MR) is 126 cm³/mol. The maximum absolute atomic E-state index is 12.1. The normalized spacial score (nSPS) is 15.0. The topological polar surface area (TPSA) is 71.2 Å². The second kappa shape index (κ2) is 7.88. The second-order valence-electron chi connectivity index (χ2n) is 8.58. The molecule has 1 atom stereocenters. The molecule has 5 rings (SSSR count). The van der Waals surface area contributed by atoms with E-state index in [1.54, 1.807) is 13.1 Å². The lowest BCUT2D eigenvalue weighted by Crippen LogP contribution is -2.23. The van der Waals surface area contributed by atoms with E-state index in [-0.39, 0.29) is 5.91 Å². The Hall–Kier alpha value is -3.51. The summed E-state index contributed by atoms with van der Waals surface area (Å²) >= 11 is 0. The van der Waals surface area contributed by atoms with Crippen molar-refractivity contribution in [2.75, 3.05) is 11.4 Å². The van der Waals surface area contributed by atoms with E-state index in [4.69, 9.17) is 0 Å². The van der Waals surface area contributed by atoms with Gasteiger partial charge in [-0.3, -0.25) is 9.78 Å². The summed E-state index contributed by atoms with van der Waals surface area (Å²) in [6.07, 6.45) is 8.48. The van der Waals surface area contributed by atoms with Crippen LogP contribution in [0.15, 0.2) is 55.1 Å². The predicted octanol–water partition coefficient (Wildman–Crippen LogP) is 4.79. The summed E-state index contributed by atoms with van der Waals surface area (Å²) in [6, 6.07) is 10.3. The summed E-state index contributed by atoms with van der Waals surface area (Å²) in [5, 5.41) is 11.0. The minimum Gasteiger partial charge on any atom is -0.389 e. The number of anilines is 1. The zero-order valence-electron chi connectivity index (χ0n) is 18.5. The summed E-state index contributed by atoms with van der Waals surface area (Å²) in [6.45, 7) is 4.61. The van der Waals surface area contributed by atoms with Crippen LogP contribution in [0.25, 0.3) is 33.3 Å². The van der Waals surface area contributed by atoms with Crippen LogP contribution in [0.3, 0.4) is 0 Å². The Kier molecular flexibility index (Phi) is 5.02. The molecule has 0 saturated carbocycles. The summed E-state index contributed by atoms with van der Waals surface area (Å²) in [7, 11) is 1.97. The van der Waals surface area contributed by atoms with Gasteiger partial charge in [-0.25, -0.2) is 4.98 Å². The molecule has 0 radical (unpaired) electrons. The smallest absolute Gasteiger partial charge is 0.227 e. The number of pyridine rings is 2. The Morgan fingerprint density at radius 2 is 1.84 bits per heavy atom. The van der Waals surface area contributed by atoms with Gasteiger partial charge in [0.15, 0.2) is 0 Å². The number of hydrogen-bond donors (Lipinski definition) is 1. The van der Waals surface area contributed by atoms with Gasteiger partial charge in [0, 0.05) is 72.6 Å². The third kappa shape index (κ3) is 3.46. The van der Waals surface area contributed by atoms with Crippen LogP contribution >= 0.6 is 0 Å². The van der Waals surface area contributed by atoms with E-state index in [9.17, 15) is 9.90 Å². The molecule has 3 aromatic heterocycles. The van der Waals surface area contributed by atoms with Crippen LogP contribution in [0, 0.1) is 6.92 Å². The van der Waals surface area contributed by atoms with Gasteiger partial charge in [-0.15, -0.1) is 0 Å². The molecule has 1 saturated heterocycles. The molecular weight excluding hydrogens is 400 g/mol. The summed E-state index contributed by atoms with van der Waals surface area (Å²) in [5.41, 5.74) is 7.87. The molecule has 1 amide bonds. The molecule has 1 aromatic carbocycles. The fraction of sp³-hybridized carbons (Fsp3) is 0.269. The molecule has 0 unspecified atom stereocenters. The lowest BCUT2D eigenvalue weighted by Gasteiger charge is -2.18. The Balaban J connectivity index is 1.56. The highest BCUT2D eigenvalue weighted by Gasteiger charge is 2.22. The highest BCUT2D eigenvalue weighted by atomic mass is 16.3. The first-order chi connectivity index (χ1) is 15.4. The Labute approximate surface area is 187 Å². The van der Waals surface area contributed by atoms with Crippen molar-refractivity contribution in [2.24, 2.45) is 7.05 Å². The highest BCUT2D eigenvalue weighted by Crippen LogP contribution is 2.34. The number of aromatic nitrogens is 3. The molecule has 6 heteroatoms. The van der Waals surface area contributed by atoms with Gasteiger partial charge >= 0.3 is 0 Å². The van der Waals surface area contributed by atoms with Crippen molar-refractivity contribution in [1.29, 1.82) is 0 Å². The lowest BCUT2D eigenvalue weighted by atomic mass is 9.98. The van der Waals surface area contributed by atoms with Crippen LogP contribution in [-0.2, 0) is 11.8 Å². The number of hydrogen-bond acceptors (Lipinski definition) is 4. The molecular formula is C26H26N4O2. The number of aliphatic hydroxyl groups is 1. The molecule has 1 fully saturated rings. The third-order valence-electron chi connectivity index (χ3n) is 6.27. The van der Waals surface area contributed by atoms with Gasteiger partial charge < -0.3 is 14.6 Å². The molecule has 162 valence electrons. The van der Waals surface area contributed by atoms with E-state index in [2.05, 4.69) is 41.3 Å². The number of rotatable bonds is 4. The van der Waals surface area contributed by atoms with Gasteiger partial charge in [-0.2, -0.15) is 0 Å². The van der Waals surface area contributed by atoms with Crippen molar-refractivity contribution in [1.82, 2.24) is 14.5 Å². The SMILES string of the molecule is Cc1cc(N2CCCC2=O)ccc1-c1cncc(-c2cn(C)c3ncc([C@H](C)O)cc23)c1. The minimum absolute atomic E-state index is 0.196. The van der Waals surface area contributed by atoms with E-state index in [0.29, 0.717) is 6.42 Å². The number of nitrogens with zero attached hydrogens (tertiary/aromatic N) is 4. The quantitative estimate of drug-likeness (QED) is 0.509. The van der Waals surface area contributed by atoms with Crippen LogP contribution in [0.1, 0.15) is 37.0 Å². The molecule has 4 heterocycles. The Bertz CT molecular complexity index is 1340. The van der Waals surface area contributed by atoms with E-state index >= 15 is 0 Å². The van der Waals surface area contributed by atoms with Gasteiger partial charge in [0.1, 0.15) is 5.65 Å². The number of fused-ring (bicyclic) bond motifs is 1. The lowest BCUT2D eigenvalue weighted by molar-refractivity contribution is -0.117. The molecule has 1 N–H and O–H groups in total. The Morgan fingerprint density at radius 3 is 2.53 bits per heavy atom.